The molecule has 0 atom stereocenters. The van der Waals surface area contributed by atoms with Crippen molar-refractivity contribution in [2.75, 3.05) is 5.32 Å². The second-order valence-electron chi connectivity index (χ2n) is 4.25. The third-order valence-electron chi connectivity index (χ3n) is 2.67. The SMILES string of the molecule is C/C(=N\NC(=O)Nc1cccc(Cl)c1)c1ccccc1Br. The molecule has 0 fully saturated rings. The van der Waals surface area contributed by atoms with Crippen LogP contribution in [0.2, 0.25) is 5.02 Å². The molecule has 0 aliphatic rings. The molecule has 0 aliphatic carbocycles. The van der Waals surface area contributed by atoms with Crippen LogP contribution in [0.15, 0.2) is 58.1 Å². The Morgan fingerprint density at radius 1 is 1.19 bits per heavy atom. The molecule has 0 saturated heterocycles. The molecule has 108 valence electrons. The molecular formula is C15H13BrClN3O. The van der Waals surface area contributed by atoms with Gasteiger partial charge in [0.25, 0.3) is 0 Å². The van der Waals surface area contributed by atoms with Gasteiger partial charge in [-0.1, -0.05) is 51.8 Å². The first-order chi connectivity index (χ1) is 10.1. The summed E-state index contributed by atoms with van der Waals surface area (Å²) >= 11 is 9.29. The third-order valence-corrected chi connectivity index (χ3v) is 3.60. The first-order valence-electron chi connectivity index (χ1n) is 6.18. The van der Waals surface area contributed by atoms with Crippen molar-refractivity contribution in [2.24, 2.45) is 5.10 Å². The van der Waals surface area contributed by atoms with Gasteiger partial charge in [0, 0.05) is 20.7 Å². The van der Waals surface area contributed by atoms with Gasteiger partial charge in [0.1, 0.15) is 0 Å². The molecule has 2 aromatic carbocycles. The zero-order valence-corrected chi connectivity index (χ0v) is 13.6. The fraction of sp³-hybridized carbons (Fsp3) is 0.0667. The zero-order valence-electron chi connectivity index (χ0n) is 11.2. The maximum Gasteiger partial charge on any atom is 0.339 e. The molecule has 0 bridgehead atoms. The minimum absolute atomic E-state index is 0.427. The fourth-order valence-corrected chi connectivity index (χ4v) is 2.44. The molecule has 0 unspecified atom stereocenters. The number of hydrazone groups is 1. The minimum atomic E-state index is -0.427. The number of anilines is 1. The average Bonchev–Trinajstić information content (AvgIpc) is 2.45. The summed E-state index contributed by atoms with van der Waals surface area (Å²) < 4.78 is 0.920. The van der Waals surface area contributed by atoms with Gasteiger partial charge in [-0.05, 0) is 31.2 Å². The lowest BCUT2D eigenvalue weighted by Gasteiger charge is -2.06. The molecule has 0 aromatic heterocycles. The quantitative estimate of drug-likeness (QED) is 0.603. The van der Waals surface area contributed by atoms with Crippen molar-refractivity contribution in [2.45, 2.75) is 6.92 Å². The van der Waals surface area contributed by atoms with Crippen molar-refractivity contribution in [3.8, 4) is 0 Å². The topological polar surface area (TPSA) is 53.5 Å². The highest BCUT2D eigenvalue weighted by molar-refractivity contribution is 9.10. The predicted octanol–water partition coefficient (Wildman–Crippen LogP) is 4.65. The Balaban J connectivity index is 2.00. The van der Waals surface area contributed by atoms with E-state index in [0.717, 1.165) is 10.0 Å². The van der Waals surface area contributed by atoms with Crippen molar-refractivity contribution in [1.82, 2.24) is 5.43 Å². The molecule has 0 saturated carbocycles. The summed E-state index contributed by atoms with van der Waals surface area (Å²) in [6, 6.07) is 14.1. The van der Waals surface area contributed by atoms with Crippen LogP contribution in [0.1, 0.15) is 12.5 Å². The lowest BCUT2D eigenvalue weighted by atomic mass is 10.1. The van der Waals surface area contributed by atoms with Crippen LogP contribution in [0.25, 0.3) is 0 Å². The number of carbonyl (C=O) groups excluding carboxylic acids is 1. The lowest BCUT2D eigenvalue weighted by Crippen LogP contribution is -2.25. The summed E-state index contributed by atoms with van der Waals surface area (Å²) in [5.41, 5.74) is 4.67. The molecule has 0 aliphatic heterocycles. The number of amides is 2. The molecule has 2 N–H and O–H groups in total. The Kier molecular flexibility index (Phi) is 5.36. The normalized spacial score (nSPS) is 11.1. The van der Waals surface area contributed by atoms with Gasteiger partial charge in [-0.25, -0.2) is 10.2 Å². The Labute approximate surface area is 136 Å². The Hall–Kier alpha value is -1.85. The smallest absolute Gasteiger partial charge is 0.306 e. The van der Waals surface area contributed by atoms with E-state index in [-0.39, 0.29) is 0 Å². The molecule has 0 radical (unpaired) electrons. The van der Waals surface area contributed by atoms with Crippen LogP contribution in [0.4, 0.5) is 10.5 Å². The van der Waals surface area contributed by atoms with Gasteiger partial charge in [0.05, 0.1) is 5.71 Å². The van der Waals surface area contributed by atoms with E-state index < -0.39 is 6.03 Å². The van der Waals surface area contributed by atoms with E-state index in [2.05, 4.69) is 31.8 Å². The van der Waals surface area contributed by atoms with Crippen LogP contribution < -0.4 is 10.7 Å². The summed E-state index contributed by atoms with van der Waals surface area (Å²) in [7, 11) is 0. The number of benzene rings is 2. The molecule has 0 spiro atoms. The zero-order chi connectivity index (χ0) is 15.2. The Bertz CT molecular complexity index is 688. The van der Waals surface area contributed by atoms with Gasteiger partial charge in [-0.2, -0.15) is 5.10 Å². The molecular weight excluding hydrogens is 354 g/mol. The number of hydrogen-bond donors (Lipinski definition) is 2. The van der Waals surface area contributed by atoms with E-state index in [0.29, 0.717) is 16.4 Å². The number of carbonyl (C=O) groups is 1. The van der Waals surface area contributed by atoms with Crippen molar-refractivity contribution < 1.29 is 4.79 Å². The van der Waals surface area contributed by atoms with Crippen LogP contribution >= 0.6 is 27.5 Å². The molecule has 2 rings (SSSR count). The van der Waals surface area contributed by atoms with Gasteiger partial charge in [-0.3, -0.25) is 0 Å². The summed E-state index contributed by atoms with van der Waals surface area (Å²) in [4.78, 5) is 11.8. The number of halogens is 2. The first kappa shape index (κ1) is 15.5. The van der Waals surface area contributed by atoms with Crippen molar-refractivity contribution in [1.29, 1.82) is 0 Å². The largest absolute Gasteiger partial charge is 0.339 e. The van der Waals surface area contributed by atoms with E-state index in [9.17, 15) is 4.79 Å². The van der Waals surface area contributed by atoms with Crippen molar-refractivity contribution in [3.63, 3.8) is 0 Å². The van der Waals surface area contributed by atoms with Crippen LogP contribution in [0, 0.1) is 0 Å². The first-order valence-corrected chi connectivity index (χ1v) is 7.35. The second kappa shape index (κ2) is 7.24. The van der Waals surface area contributed by atoms with Gasteiger partial charge in [0.2, 0.25) is 0 Å². The monoisotopic (exact) mass is 365 g/mol. The number of rotatable bonds is 3. The third kappa shape index (κ3) is 4.58. The van der Waals surface area contributed by atoms with Gasteiger partial charge >= 0.3 is 6.03 Å². The predicted molar refractivity (Wildman–Crippen MR) is 90.0 cm³/mol. The van der Waals surface area contributed by atoms with Crippen LogP contribution in [-0.2, 0) is 0 Å². The number of nitrogens with one attached hydrogen (secondary N) is 2. The standard InChI is InChI=1S/C15H13BrClN3O/c1-10(13-7-2-3-8-14(13)16)19-20-15(21)18-12-6-4-5-11(17)9-12/h2-9H,1H3,(H2,18,20,21)/b19-10+. The number of hydrogen-bond acceptors (Lipinski definition) is 2. The summed E-state index contributed by atoms with van der Waals surface area (Å²) in [6.45, 7) is 1.82. The number of urea groups is 1. The van der Waals surface area contributed by atoms with Crippen LogP contribution in [-0.4, -0.2) is 11.7 Å². The maximum absolute atomic E-state index is 11.8. The molecule has 2 aromatic rings. The van der Waals surface area contributed by atoms with Crippen molar-refractivity contribution in [3.05, 3.63) is 63.6 Å². The Morgan fingerprint density at radius 3 is 2.67 bits per heavy atom. The van der Waals surface area contributed by atoms with E-state index in [1.54, 1.807) is 24.3 Å². The van der Waals surface area contributed by atoms with E-state index in [1.165, 1.54) is 0 Å². The molecule has 21 heavy (non-hydrogen) atoms. The summed E-state index contributed by atoms with van der Waals surface area (Å²) in [5, 5.41) is 7.27. The van der Waals surface area contributed by atoms with Gasteiger partial charge in [-0.15, -0.1) is 0 Å². The highest BCUT2D eigenvalue weighted by Gasteiger charge is 2.04. The van der Waals surface area contributed by atoms with Gasteiger partial charge < -0.3 is 5.32 Å². The second-order valence-corrected chi connectivity index (χ2v) is 5.54. The minimum Gasteiger partial charge on any atom is -0.306 e. The average molecular weight is 367 g/mol. The molecule has 6 heteroatoms. The summed E-state index contributed by atoms with van der Waals surface area (Å²) in [6.07, 6.45) is 0. The maximum atomic E-state index is 11.8. The van der Waals surface area contributed by atoms with Crippen LogP contribution in [0.3, 0.4) is 0 Å². The fourth-order valence-electron chi connectivity index (χ4n) is 1.67. The van der Waals surface area contributed by atoms with Gasteiger partial charge in [0.15, 0.2) is 0 Å². The summed E-state index contributed by atoms with van der Waals surface area (Å²) in [5.74, 6) is 0. The van der Waals surface area contributed by atoms with Crippen molar-refractivity contribution >= 4 is 45.0 Å². The van der Waals surface area contributed by atoms with E-state index >= 15 is 0 Å². The lowest BCUT2D eigenvalue weighted by molar-refractivity contribution is 0.252. The highest BCUT2D eigenvalue weighted by atomic mass is 79.9. The molecule has 4 nitrogen and oxygen atoms in total. The van der Waals surface area contributed by atoms with E-state index in [1.807, 2.05) is 31.2 Å². The molecule has 2 amide bonds. The Morgan fingerprint density at radius 2 is 1.95 bits per heavy atom. The van der Waals surface area contributed by atoms with Crippen LogP contribution in [0.5, 0.6) is 0 Å². The molecule has 0 heterocycles. The number of nitrogens with zero attached hydrogens (tertiary/aromatic N) is 1. The highest BCUT2D eigenvalue weighted by Crippen LogP contribution is 2.17. The van der Waals surface area contributed by atoms with E-state index in [4.69, 9.17) is 11.6 Å².